The molecule has 2 nitrogen and oxygen atoms in total. The Labute approximate surface area is 131 Å². The lowest BCUT2D eigenvalue weighted by molar-refractivity contribution is 0.102. The molecule has 20 heavy (non-hydrogen) atoms. The molecule has 0 N–H and O–H groups in total. The minimum absolute atomic E-state index is 0.0351. The second kappa shape index (κ2) is 6.57. The van der Waals surface area contributed by atoms with Gasteiger partial charge in [-0.15, -0.1) is 11.6 Å². The zero-order chi connectivity index (χ0) is 14.8. The zero-order valence-electron chi connectivity index (χ0n) is 12.7. The van der Waals surface area contributed by atoms with Gasteiger partial charge < -0.3 is 4.57 Å². The van der Waals surface area contributed by atoms with Gasteiger partial charge in [0.15, 0.2) is 5.78 Å². The molecule has 0 amide bonds. The highest BCUT2D eigenvalue weighted by Crippen LogP contribution is 2.40. The third kappa shape index (κ3) is 3.09. The monoisotopic (exact) mass is 313 g/mol. The summed E-state index contributed by atoms with van der Waals surface area (Å²) in [4.78, 5) is 11.9. The number of hydrogen-bond acceptors (Lipinski definition) is 2. The highest BCUT2D eigenvalue weighted by atomic mass is 35.5. The van der Waals surface area contributed by atoms with Crippen molar-refractivity contribution in [3.05, 3.63) is 23.0 Å². The molecule has 0 aromatic carbocycles. The number of thioether (sulfide) groups is 1. The van der Waals surface area contributed by atoms with Gasteiger partial charge in [-0.2, -0.15) is 11.8 Å². The molecule has 1 saturated carbocycles. The SMILES string of the molecule is CSC1(Cn2c(C)cc(C(=O)CCl)c2C)CCCCC1. The number of halogens is 1. The molecule has 1 heterocycles. The van der Waals surface area contributed by atoms with Crippen molar-refractivity contribution in [1.82, 2.24) is 4.57 Å². The van der Waals surface area contributed by atoms with Gasteiger partial charge >= 0.3 is 0 Å². The molecule has 0 atom stereocenters. The molecule has 0 bridgehead atoms. The second-order valence-corrected chi connectivity index (χ2v) is 7.42. The number of aryl methyl sites for hydroxylation is 1. The normalized spacial score (nSPS) is 18.2. The van der Waals surface area contributed by atoms with E-state index in [-0.39, 0.29) is 11.7 Å². The molecule has 4 heteroatoms. The maximum absolute atomic E-state index is 11.9. The lowest BCUT2D eigenvalue weighted by Crippen LogP contribution is -2.33. The van der Waals surface area contributed by atoms with Gasteiger partial charge in [0.05, 0.1) is 5.88 Å². The molecule has 112 valence electrons. The fourth-order valence-electron chi connectivity index (χ4n) is 3.31. The van der Waals surface area contributed by atoms with Gasteiger partial charge in [0.25, 0.3) is 0 Å². The van der Waals surface area contributed by atoms with Crippen LogP contribution in [0.2, 0.25) is 0 Å². The van der Waals surface area contributed by atoms with Crippen LogP contribution < -0.4 is 0 Å². The molecule has 1 aromatic rings. The van der Waals surface area contributed by atoms with Crippen LogP contribution in [0.15, 0.2) is 6.07 Å². The van der Waals surface area contributed by atoms with Gasteiger partial charge in [0.1, 0.15) is 0 Å². The summed E-state index contributed by atoms with van der Waals surface area (Å²) < 4.78 is 2.66. The second-order valence-electron chi connectivity index (χ2n) is 5.88. The van der Waals surface area contributed by atoms with E-state index in [2.05, 4.69) is 17.7 Å². The van der Waals surface area contributed by atoms with Crippen molar-refractivity contribution in [3.63, 3.8) is 0 Å². The highest BCUT2D eigenvalue weighted by Gasteiger charge is 2.32. The molecular weight excluding hydrogens is 290 g/mol. The van der Waals surface area contributed by atoms with E-state index in [0.29, 0.717) is 4.75 Å². The maximum atomic E-state index is 11.9. The fraction of sp³-hybridized carbons (Fsp3) is 0.688. The van der Waals surface area contributed by atoms with Gasteiger partial charge in [-0.1, -0.05) is 19.3 Å². The number of Topliss-reactive ketones (excluding diaryl/α,β-unsaturated/α-hetero) is 1. The molecule has 0 unspecified atom stereocenters. The molecule has 1 aromatic heterocycles. The molecule has 0 aliphatic heterocycles. The van der Waals surface area contributed by atoms with E-state index < -0.39 is 0 Å². The molecule has 0 spiro atoms. The number of carbonyl (C=O) groups excluding carboxylic acids is 1. The van der Waals surface area contributed by atoms with Gasteiger partial charge in [0, 0.05) is 28.2 Å². The Morgan fingerprint density at radius 1 is 1.35 bits per heavy atom. The summed E-state index contributed by atoms with van der Waals surface area (Å²) in [6.07, 6.45) is 8.81. The molecule has 1 fully saturated rings. The summed E-state index contributed by atoms with van der Waals surface area (Å²) in [6.45, 7) is 5.15. The molecule has 0 radical (unpaired) electrons. The Morgan fingerprint density at radius 2 is 2.00 bits per heavy atom. The van der Waals surface area contributed by atoms with E-state index in [1.165, 1.54) is 37.8 Å². The Kier molecular flexibility index (Phi) is 5.25. The summed E-state index contributed by atoms with van der Waals surface area (Å²) in [7, 11) is 0. The van der Waals surface area contributed by atoms with Crippen molar-refractivity contribution >= 4 is 29.1 Å². The largest absolute Gasteiger partial charge is 0.347 e. The predicted molar refractivity (Wildman–Crippen MR) is 88.3 cm³/mol. The maximum Gasteiger partial charge on any atom is 0.179 e. The van der Waals surface area contributed by atoms with Gasteiger partial charge in [-0.05, 0) is 39.0 Å². The van der Waals surface area contributed by atoms with Gasteiger partial charge in [-0.25, -0.2) is 0 Å². The molecular formula is C16H24ClNOS. The van der Waals surface area contributed by atoms with E-state index in [1.54, 1.807) is 0 Å². The number of ketones is 1. The zero-order valence-corrected chi connectivity index (χ0v) is 14.2. The topological polar surface area (TPSA) is 22.0 Å². The molecule has 0 saturated heterocycles. The first-order valence-corrected chi connectivity index (χ1v) is 9.10. The third-order valence-corrected chi connectivity index (χ3v) is 6.29. The standard InChI is InChI=1S/C16H24ClNOS/c1-12-9-14(15(19)10-17)13(2)18(12)11-16(20-3)7-5-4-6-8-16/h9H,4-8,10-11H2,1-3H3. The van der Waals surface area contributed by atoms with Crippen LogP contribution in [-0.2, 0) is 6.54 Å². The smallest absolute Gasteiger partial charge is 0.179 e. The van der Waals surface area contributed by atoms with Crippen LogP contribution in [0.5, 0.6) is 0 Å². The predicted octanol–water partition coefficient (Wildman–Crippen LogP) is 4.59. The first-order chi connectivity index (χ1) is 9.53. The number of rotatable bonds is 5. The lowest BCUT2D eigenvalue weighted by atomic mass is 9.88. The van der Waals surface area contributed by atoms with Crippen LogP contribution in [0, 0.1) is 13.8 Å². The first-order valence-electron chi connectivity index (χ1n) is 7.34. The molecule has 1 aliphatic rings. The summed E-state index contributed by atoms with van der Waals surface area (Å²) in [5, 5.41) is 0. The van der Waals surface area contributed by atoms with Gasteiger partial charge in [0.2, 0.25) is 0 Å². The van der Waals surface area contributed by atoms with E-state index >= 15 is 0 Å². The number of hydrogen-bond donors (Lipinski definition) is 0. The number of carbonyl (C=O) groups is 1. The van der Waals surface area contributed by atoms with Crippen molar-refractivity contribution in [3.8, 4) is 0 Å². The van der Waals surface area contributed by atoms with Crippen LogP contribution in [-0.4, -0.2) is 27.2 Å². The van der Waals surface area contributed by atoms with Crippen LogP contribution in [0.1, 0.15) is 53.8 Å². The number of nitrogens with zero attached hydrogens (tertiary/aromatic N) is 1. The highest BCUT2D eigenvalue weighted by molar-refractivity contribution is 8.00. The first kappa shape index (κ1) is 16.0. The van der Waals surface area contributed by atoms with E-state index in [1.807, 2.05) is 24.8 Å². The van der Waals surface area contributed by atoms with E-state index in [0.717, 1.165) is 17.8 Å². The van der Waals surface area contributed by atoms with Crippen molar-refractivity contribution in [2.45, 2.75) is 57.2 Å². The molecule has 2 rings (SSSR count). The van der Waals surface area contributed by atoms with Crippen molar-refractivity contribution < 1.29 is 4.79 Å². The molecule has 1 aliphatic carbocycles. The summed E-state index contributed by atoms with van der Waals surface area (Å²) in [6, 6.07) is 2.00. The van der Waals surface area contributed by atoms with E-state index in [4.69, 9.17) is 11.6 Å². The van der Waals surface area contributed by atoms with E-state index in [9.17, 15) is 4.79 Å². The van der Waals surface area contributed by atoms with Crippen molar-refractivity contribution in [2.75, 3.05) is 12.1 Å². The quantitative estimate of drug-likeness (QED) is 0.586. The van der Waals surface area contributed by atoms with Crippen molar-refractivity contribution in [2.24, 2.45) is 0 Å². The minimum Gasteiger partial charge on any atom is -0.347 e. The van der Waals surface area contributed by atoms with Crippen LogP contribution in [0.3, 0.4) is 0 Å². The average Bonchev–Trinajstić information content (AvgIpc) is 2.75. The van der Waals surface area contributed by atoms with Crippen LogP contribution in [0.25, 0.3) is 0 Å². The lowest BCUT2D eigenvalue weighted by Gasteiger charge is -2.37. The number of alkyl halides is 1. The minimum atomic E-state index is 0.0351. The third-order valence-electron chi connectivity index (χ3n) is 4.64. The summed E-state index contributed by atoms with van der Waals surface area (Å²) in [5.74, 6) is 0.102. The van der Waals surface area contributed by atoms with Crippen LogP contribution >= 0.6 is 23.4 Å². The van der Waals surface area contributed by atoms with Gasteiger partial charge in [-0.3, -0.25) is 4.79 Å². The Morgan fingerprint density at radius 3 is 2.55 bits per heavy atom. The van der Waals surface area contributed by atoms with Crippen molar-refractivity contribution in [1.29, 1.82) is 0 Å². The Balaban J connectivity index is 2.28. The summed E-state index contributed by atoms with van der Waals surface area (Å²) in [5.41, 5.74) is 3.05. The van der Waals surface area contributed by atoms with Crippen LogP contribution in [0.4, 0.5) is 0 Å². The fourth-order valence-corrected chi connectivity index (χ4v) is 4.41. The Bertz CT molecular complexity index is 489. The Hall–Kier alpha value is -0.410. The number of aromatic nitrogens is 1. The average molecular weight is 314 g/mol. The summed E-state index contributed by atoms with van der Waals surface area (Å²) >= 11 is 7.70.